The van der Waals surface area contributed by atoms with E-state index in [1.165, 1.54) is 7.11 Å². The van der Waals surface area contributed by atoms with Crippen LogP contribution in [-0.2, 0) is 19.1 Å². The molecule has 0 aliphatic carbocycles. The molecule has 0 spiro atoms. The van der Waals surface area contributed by atoms with Gasteiger partial charge in [0, 0.05) is 18.8 Å². The zero-order chi connectivity index (χ0) is 16.8. The summed E-state index contributed by atoms with van der Waals surface area (Å²) in [6.45, 7) is 5.42. The maximum atomic E-state index is 12.8. The van der Waals surface area contributed by atoms with Gasteiger partial charge in [-0.3, -0.25) is 9.59 Å². The fourth-order valence-corrected chi connectivity index (χ4v) is 3.26. The molecule has 2 aliphatic rings. The summed E-state index contributed by atoms with van der Waals surface area (Å²) in [5, 5.41) is 6.91. The van der Waals surface area contributed by atoms with Crippen LogP contribution in [0.4, 0.5) is 0 Å². The molecule has 2 heterocycles. The number of carbonyl (C=O) groups excluding carboxylic acids is 3. The monoisotopic (exact) mass is 328 g/mol. The fraction of sp³-hybridized carbons (Fsp3) is 0.800. The average Bonchev–Trinajstić information content (AvgIpc) is 2.60. The standard InChI is InChI=1S/C15H26N4O4/c1-10(15(22)23-2)18-13(20)12-9-17-7-8-19(12)14(21)11-3-5-16-6-4-11/h10-12,16-17H,3-9H2,1-2H3,(H,18,20)/p+2/t10-,12+/m1/s1. The van der Waals surface area contributed by atoms with Gasteiger partial charge in [-0.2, -0.15) is 0 Å². The lowest BCUT2D eigenvalue weighted by atomic mass is 9.95. The van der Waals surface area contributed by atoms with Gasteiger partial charge in [0.05, 0.1) is 33.3 Å². The van der Waals surface area contributed by atoms with Crippen molar-refractivity contribution in [3.05, 3.63) is 0 Å². The molecular formula is C15H28N4O4+2. The third kappa shape index (κ3) is 4.42. The Morgan fingerprint density at radius 1 is 1.17 bits per heavy atom. The summed E-state index contributed by atoms with van der Waals surface area (Å²) < 4.78 is 4.62. The van der Waals surface area contributed by atoms with Gasteiger partial charge in [0.2, 0.25) is 11.8 Å². The van der Waals surface area contributed by atoms with E-state index in [1.807, 2.05) is 5.32 Å². The molecule has 2 atom stereocenters. The Balaban J connectivity index is 2.00. The predicted molar refractivity (Wildman–Crippen MR) is 81.2 cm³/mol. The van der Waals surface area contributed by atoms with E-state index in [1.54, 1.807) is 11.8 Å². The Bertz CT molecular complexity index is 451. The van der Waals surface area contributed by atoms with E-state index >= 15 is 0 Å². The second kappa shape index (κ2) is 8.26. The minimum absolute atomic E-state index is 0.0198. The van der Waals surface area contributed by atoms with Gasteiger partial charge in [-0.1, -0.05) is 0 Å². The summed E-state index contributed by atoms with van der Waals surface area (Å²) in [7, 11) is 1.29. The lowest BCUT2D eigenvalue weighted by Crippen LogP contribution is -2.93. The number of esters is 1. The summed E-state index contributed by atoms with van der Waals surface area (Å²) in [4.78, 5) is 38.4. The SMILES string of the molecule is COC(=O)[C@@H](C)NC(=O)[C@@H]1C[NH2+]CCN1C(=O)C1CC[NH2+]CC1. The Labute approximate surface area is 136 Å². The first-order valence-corrected chi connectivity index (χ1v) is 8.36. The van der Waals surface area contributed by atoms with Gasteiger partial charge in [-0.25, -0.2) is 4.79 Å². The molecule has 0 saturated carbocycles. The van der Waals surface area contributed by atoms with Crippen molar-refractivity contribution in [3.8, 4) is 0 Å². The van der Waals surface area contributed by atoms with Crippen LogP contribution in [0.25, 0.3) is 0 Å². The van der Waals surface area contributed by atoms with E-state index in [0.717, 1.165) is 32.5 Å². The van der Waals surface area contributed by atoms with Crippen LogP contribution in [0.1, 0.15) is 19.8 Å². The summed E-state index contributed by atoms with van der Waals surface area (Å²) >= 11 is 0. The highest BCUT2D eigenvalue weighted by molar-refractivity contribution is 5.91. The van der Waals surface area contributed by atoms with Gasteiger partial charge in [0.15, 0.2) is 6.04 Å². The molecule has 2 fully saturated rings. The zero-order valence-electron chi connectivity index (χ0n) is 13.9. The molecule has 0 aromatic rings. The first-order chi connectivity index (χ1) is 11.0. The van der Waals surface area contributed by atoms with E-state index < -0.39 is 18.1 Å². The second-order valence-electron chi connectivity index (χ2n) is 6.25. The molecule has 0 aromatic carbocycles. The summed E-state index contributed by atoms with van der Waals surface area (Å²) in [5.41, 5.74) is 0. The van der Waals surface area contributed by atoms with Crippen LogP contribution in [0, 0.1) is 5.92 Å². The van der Waals surface area contributed by atoms with Crippen molar-refractivity contribution in [3.63, 3.8) is 0 Å². The smallest absolute Gasteiger partial charge is 0.328 e. The number of amides is 2. The van der Waals surface area contributed by atoms with E-state index in [9.17, 15) is 14.4 Å². The number of piperazine rings is 1. The van der Waals surface area contributed by atoms with E-state index in [-0.39, 0.29) is 17.7 Å². The van der Waals surface area contributed by atoms with Crippen molar-refractivity contribution < 1.29 is 29.8 Å². The van der Waals surface area contributed by atoms with Crippen LogP contribution in [0.15, 0.2) is 0 Å². The highest BCUT2D eigenvalue weighted by Crippen LogP contribution is 2.15. The lowest BCUT2D eigenvalue weighted by Gasteiger charge is -2.36. The minimum atomic E-state index is -0.712. The zero-order valence-corrected chi connectivity index (χ0v) is 13.9. The van der Waals surface area contributed by atoms with Crippen LogP contribution in [0.2, 0.25) is 0 Å². The summed E-state index contributed by atoms with van der Waals surface area (Å²) in [5.74, 6) is -0.670. The lowest BCUT2D eigenvalue weighted by molar-refractivity contribution is -0.666. The average molecular weight is 328 g/mol. The number of nitrogens with two attached hydrogens (primary N) is 2. The van der Waals surface area contributed by atoms with Crippen molar-refractivity contribution in [1.82, 2.24) is 10.2 Å². The number of nitrogens with one attached hydrogen (secondary N) is 1. The number of hydrogen-bond donors (Lipinski definition) is 3. The molecule has 8 nitrogen and oxygen atoms in total. The van der Waals surface area contributed by atoms with E-state index in [4.69, 9.17) is 0 Å². The van der Waals surface area contributed by atoms with Crippen molar-refractivity contribution in [2.24, 2.45) is 5.92 Å². The van der Waals surface area contributed by atoms with Gasteiger partial charge in [-0.15, -0.1) is 0 Å². The Kier molecular flexibility index (Phi) is 6.35. The van der Waals surface area contributed by atoms with Crippen LogP contribution in [0.5, 0.6) is 0 Å². The Morgan fingerprint density at radius 3 is 2.52 bits per heavy atom. The minimum Gasteiger partial charge on any atom is -0.467 e. The largest absolute Gasteiger partial charge is 0.467 e. The number of ether oxygens (including phenoxy) is 1. The highest BCUT2D eigenvalue weighted by atomic mass is 16.5. The van der Waals surface area contributed by atoms with E-state index in [2.05, 4.69) is 15.4 Å². The Hall–Kier alpha value is -1.67. The third-order valence-electron chi connectivity index (χ3n) is 4.63. The fourth-order valence-electron chi connectivity index (χ4n) is 3.26. The summed E-state index contributed by atoms with van der Waals surface area (Å²) in [6, 6.07) is -1.23. The number of piperidine rings is 1. The molecule has 8 heteroatoms. The third-order valence-corrected chi connectivity index (χ3v) is 4.63. The number of nitrogens with zero attached hydrogens (tertiary/aromatic N) is 1. The van der Waals surface area contributed by atoms with Crippen molar-refractivity contribution in [2.45, 2.75) is 31.8 Å². The van der Waals surface area contributed by atoms with Gasteiger partial charge in [0.25, 0.3) is 0 Å². The van der Waals surface area contributed by atoms with Gasteiger partial charge in [0.1, 0.15) is 12.6 Å². The molecule has 0 radical (unpaired) electrons. The highest BCUT2D eigenvalue weighted by Gasteiger charge is 2.38. The number of hydrogen-bond acceptors (Lipinski definition) is 4. The van der Waals surface area contributed by atoms with Crippen molar-refractivity contribution in [1.29, 1.82) is 0 Å². The molecule has 2 amide bonds. The van der Waals surface area contributed by atoms with Crippen LogP contribution >= 0.6 is 0 Å². The van der Waals surface area contributed by atoms with Crippen molar-refractivity contribution in [2.75, 3.05) is 39.8 Å². The second-order valence-corrected chi connectivity index (χ2v) is 6.25. The molecule has 0 aromatic heterocycles. The first-order valence-electron chi connectivity index (χ1n) is 8.36. The number of methoxy groups -OCH3 is 1. The number of quaternary nitrogens is 2. The predicted octanol–water partition coefficient (Wildman–Crippen LogP) is -3.59. The number of rotatable bonds is 4. The number of carbonyl (C=O) groups is 3. The maximum Gasteiger partial charge on any atom is 0.328 e. The molecule has 130 valence electrons. The molecule has 0 bridgehead atoms. The quantitative estimate of drug-likeness (QED) is 0.464. The van der Waals surface area contributed by atoms with Gasteiger partial charge < -0.3 is 25.6 Å². The van der Waals surface area contributed by atoms with Crippen molar-refractivity contribution >= 4 is 17.8 Å². The Morgan fingerprint density at radius 2 is 1.87 bits per heavy atom. The van der Waals surface area contributed by atoms with Gasteiger partial charge >= 0.3 is 5.97 Å². The van der Waals surface area contributed by atoms with Crippen LogP contribution < -0.4 is 16.0 Å². The van der Waals surface area contributed by atoms with E-state index in [0.29, 0.717) is 13.1 Å². The molecular weight excluding hydrogens is 300 g/mol. The molecule has 5 N–H and O–H groups in total. The first kappa shape index (κ1) is 17.7. The molecule has 23 heavy (non-hydrogen) atoms. The van der Waals surface area contributed by atoms with Gasteiger partial charge in [-0.05, 0) is 6.92 Å². The molecule has 2 rings (SSSR count). The maximum absolute atomic E-state index is 12.8. The normalized spacial score (nSPS) is 23.9. The molecule has 2 saturated heterocycles. The molecule has 0 unspecified atom stereocenters. The summed E-state index contributed by atoms with van der Waals surface area (Å²) in [6.07, 6.45) is 1.73. The topological polar surface area (TPSA) is 109 Å². The van der Waals surface area contributed by atoms with Crippen LogP contribution in [0.3, 0.4) is 0 Å². The molecule has 2 aliphatic heterocycles. The van der Waals surface area contributed by atoms with Crippen LogP contribution in [-0.4, -0.2) is 74.6 Å².